The van der Waals surface area contributed by atoms with Crippen LogP contribution in [0.4, 0.5) is 5.69 Å². The molecule has 2 aromatic carbocycles. The molecule has 0 radical (unpaired) electrons. The van der Waals surface area contributed by atoms with E-state index in [9.17, 15) is 4.79 Å². The van der Waals surface area contributed by atoms with Crippen molar-refractivity contribution in [3.05, 3.63) is 66.2 Å². The number of para-hydroxylation sites is 1. The number of anilines is 1. The first-order valence-electron chi connectivity index (χ1n) is 8.71. The highest BCUT2D eigenvalue weighted by Crippen LogP contribution is 2.32. The number of carbonyl (C=O) groups is 1. The summed E-state index contributed by atoms with van der Waals surface area (Å²) < 4.78 is 16.3. The molecule has 138 valence electrons. The van der Waals surface area contributed by atoms with Gasteiger partial charge >= 0.3 is 0 Å². The van der Waals surface area contributed by atoms with Crippen LogP contribution in [0.5, 0.6) is 5.75 Å². The largest absolute Gasteiger partial charge is 0.497 e. The molecule has 0 aliphatic carbocycles. The average Bonchev–Trinajstić information content (AvgIpc) is 3.22. The van der Waals surface area contributed by atoms with Gasteiger partial charge in [0.15, 0.2) is 17.8 Å². The van der Waals surface area contributed by atoms with E-state index in [0.29, 0.717) is 12.3 Å². The summed E-state index contributed by atoms with van der Waals surface area (Å²) in [6, 6.07) is 15.2. The smallest absolute Gasteiger partial charge is 0.281 e. The Morgan fingerprint density at radius 2 is 1.93 bits per heavy atom. The standard InChI is InChI=1S/C21H20N2O4/c1-25-16-9-7-14(8-10-16)20-19(22-13-27-20)21(24)23-12-17(26-2)11-15-5-3-4-6-18(15)23/h3-10,13,17H,11-12H2,1-2H3. The van der Waals surface area contributed by atoms with Crippen molar-refractivity contribution in [2.45, 2.75) is 12.5 Å². The minimum Gasteiger partial charge on any atom is -0.497 e. The second-order valence-electron chi connectivity index (χ2n) is 6.36. The lowest BCUT2D eigenvalue weighted by molar-refractivity contribution is 0.0867. The van der Waals surface area contributed by atoms with E-state index in [0.717, 1.165) is 29.0 Å². The number of hydrogen-bond acceptors (Lipinski definition) is 5. The highest BCUT2D eigenvalue weighted by Gasteiger charge is 2.32. The number of carbonyl (C=O) groups excluding carboxylic acids is 1. The number of aromatic nitrogens is 1. The van der Waals surface area contributed by atoms with Crippen molar-refractivity contribution in [1.29, 1.82) is 0 Å². The van der Waals surface area contributed by atoms with Crippen molar-refractivity contribution in [3.63, 3.8) is 0 Å². The minimum absolute atomic E-state index is 0.0554. The monoisotopic (exact) mass is 364 g/mol. The number of ether oxygens (including phenoxy) is 2. The zero-order chi connectivity index (χ0) is 18.8. The van der Waals surface area contributed by atoms with Crippen LogP contribution in [0.1, 0.15) is 16.1 Å². The van der Waals surface area contributed by atoms with Gasteiger partial charge in [-0.1, -0.05) is 18.2 Å². The summed E-state index contributed by atoms with van der Waals surface area (Å²) in [4.78, 5) is 19.2. The van der Waals surface area contributed by atoms with Gasteiger partial charge in [-0.3, -0.25) is 4.79 Å². The minimum atomic E-state index is -0.205. The van der Waals surface area contributed by atoms with Crippen molar-refractivity contribution >= 4 is 11.6 Å². The molecule has 0 saturated heterocycles. The zero-order valence-corrected chi connectivity index (χ0v) is 15.2. The highest BCUT2D eigenvalue weighted by atomic mass is 16.5. The van der Waals surface area contributed by atoms with Gasteiger partial charge in [0.1, 0.15) is 5.75 Å². The summed E-state index contributed by atoms with van der Waals surface area (Å²) in [5.41, 5.74) is 3.02. The lowest BCUT2D eigenvalue weighted by Gasteiger charge is -2.33. The van der Waals surface area contributed by atoms with Crippen molar-refractivity contribution in [2.75, 3.05) is 25.7 Å². The molecule has 2 heterocycles. The van der Waals surface area contributed by atoms with Crippen molar-refractivity contribution in [2.24, 2.45) is 0 Å². The number of amides is 1. The quantitative estimate of drug-likeness (QED) is 0.708. The maximum Gasteiger partial charge on any atom is 0.281 e. The van der Waals surface area contributed by atoms with Gasteiger partial charge in [-0.2, -0.15) is 0 Å². The molecule has 0 spiro atoms. The molecule has 1 aliphatic heterocycles. The van der Waals surface area contributed by atoms with Crippen LogP contribution < -0.4 is 9.64 Å². The molecule has 4 rings (SSSR count). The van der Waals surface area contributed by atoms with E-state index in [1.165, 1.54) is 6.39 Å². The molecule has 6 heteroatoms. The van der Waals surface area contributed by atoms with Crippen LogP contribution in [-0.4, -0.2) is 37.8 Å². The Labute approximate surface area is 157 Å². The molecular formula is C21H20N2O4. The van der Waals surface area contributed by atoms with Gasteiger partial charge in [0.25, 0.3) is 5.91 Å². The van der Waals surface area contributed by atoms with Crippen molar-refractivity contribution in [1.82, 2.24) is 4.98 Å². The number of methoxy groups -OCH3 is 2. The Bertz CT molecular complexity index is 949. The zero-order valence-electron chi connectivity index (χ0n) is 15.2. The Morgan fingerprint density at radius 1 is 1.15 bits per heavy atom. The lowest BCUT2D eigenvalue weighted by atomic mass is 9.99. The van der Waals surface area contributed by atoms with Gasteiger partial charge in [-0.25, -0.2) is 4.98 Å². The van der Waals surface area contributed by atoms with Crippen LogP contribution in [0.2, 0.25) is 0 Å². The topological polar surface area (TPSA) is 64.8 Å². The fourth-order valence-corrected chi connectivity index (χ4v) is 3.38. The Morgan fingerprint density at radius 3 is 2.67 bits per heavy atom. The molecular weight excluding hydrogens is 344 g/mol. The van der Waals surface area contributed by atoms with Crippen LogP contribution in [-0.2, 0) is 11.2 Å². The molecule has 1 aliphatic rings. The molecule has 1 unspecified atom stereocenters. The summed E-state index contributed by atoms with van der Waals surface area (Å²) in [5.74, 6) is 0.975. The van der Waals surface area contributed by atoms with Crippen LogP contribution in [0.25, 0.3) is 11.3 Å². The van der Waals surface area contributed by atoms with E-state index in [-0.39, 0.29) is 17.7 Å². The van der Waals surface area contributed by atoms with E-state index in [2.05, 4.69) is 4.98 Å². The van der Waals surface area contributed by atoms with E-state index >= 15 is 0 Å². The molecule has 1 amide bonds. The second-order valence-corrected chi connectivity index (χ2v) is 6.36. The van der Waals surface area contributed by atoms with Gasteiger partial charge in [0.2, 0.25) is 0 Å². The third-order valence-electron chi connectivity index (χ3n) is 4.82. The number of fused-ring (bicyclic) bond motifs is 1. The highest BCUT2D eigenvalue weighted by molar-refractivity contribution is 6.08. The second kappa shape index (κ2) is 7.25. The predicted molar refractivity (Wildman–Crippen MR) is 101 cm³/mol. The molecule has 1 atom stereocenters. The van der Waals surface area contributed by atoms with E-state index in [1.54, 1.807) is 19.1 Å². The molecule has 6 nitrogen and oxygen atoms in total. The Balaban J connectivity index is 1.70. The first-order chi connectivity index (χ1) is 13.2. The first-order valence-corrected chi connectivity index (χ1v) is 8.71. The fraction of sp³-hybridized carbons (Fsp3) is 0.238. The van der Waals surface area contributed by atoms with Gasteiger partial charge in [-0.05, 0) is 35.9 Å². The lowest BCUT2D eigenvalue weighted by Crippen LogP contribution is -2.43. The normalized spacial score (nSPS) is 16.1. The Kier molecular flexibility index (Phi) is 4.64. The number of benzene rings is 2. The van der Waals surface area contributed by atoms with Crippen LogP contribution in [0.15, 0.2) is 59.3 Å². The molecule has 0 fully saturated rings. The van der Waals surface area contributed by atoms with Gasteiger partial charge < -0.3 is 18.8 Å². The van der Waals surface area contributed by atoms with E-state index in [4.69, 9.17) is 13.9 Å². The number of oxazole rings is 1. The maximum absolute atomic E-state index is 13.3. The summed E-state index contributed by atoms with van der Waals surface area (Å²) in [6.07, 6.45) is 2.03. The van der Waals surface area contributed by atoms with E-state index < -0.39 is 0 Å². The predicted octanol–water partition coefficient (Wildman–Crippen LogP) is 3.57. The number of hydrogen-bond donors (Lipinski definition) is 0. The summed E-state index contributed by atoms with van der Waals surface area (Å²) in [5, 5.41) is 0. The molecule has 3 aromatic rings. The third kappa shape index (κ3) is 3.19. The van der Waals surface area contributed by atoms with Crippen LogP contribution in [0.3, 0.4) is 0 Å². The van der Waals surface area contributed by atoms with Crippen molar-refractivity contribution in [3.8, 4) is 17.1 Å². The first kappa shape index (κ1) is 17.3. The Hall–Kier alpha value is -3.12. The van der Waals surface area contributed by atoms with Gasteiger partial charge in [-0.15, -0.1) is 0 Å². The van der Waals surface area contributed by atoms with Gasteiger partial charge in [0, 0.05) is 24.8 Å². The number of nitrogens with zero attached hydrogens (tertiary/aromatic N) is 2. The van der Waals surface area contributed by atoms with Gasteiger partial charge in [0.05, 0.1) is 19.8 Å². The summed E-state index contributed by atoms with van der Waals surface area (Å²) in [6.45, 7) is 0.473. The third-order valence-corrected chi connectivity index (χ3v) is 4.82. The number of rotatable bonds is 4. The molecule has 1 aromatic heterocycles. The van der Waals surface area contributed by atoms with Crippen LogP contribution >= 0.6 is 0 Å². The van der Waals surface area contributed by atoms with Crippen LogP contribution in [0, 0.1) is 0 Å². The average molecular weight is 364 g/mol. The summed E-state index contributed by atoms with van der Waals surface area (Å²) >= 11 is 0. The molecule has 0 bridgehead atoms. The van der Waals surface area contributed by atoms with Crippen molar-refractivity contribution < 1.29 is 18.7 Å². The molecule has 0 saturated carbocycles. The molecule has 27 heavy (non-hydrogen) atoms. The van der Waals surface area contributed by atoms with E-state index in [1.807, 2.05) is 48.5 Å². The maximum atomic E-state index is 13.3. The summed E-state index contributed by atoms with van der Waals surface area (Å²) in [7, 11) is 3.28. The SMILES string of the molecule is COc1ccc(-c2ocnc2C(=O)N2CC(OC)Cc3ccccc32)cc1. The molecule has 0 N–H and O–H groups in total. The fourth-order valence-electron chi connectivity index (χ4n) is 3.38.